The van der Waals surface area contributed by atoms with Gasteiger partial charge in [-0.05, 0) is 44.1 Å². The van der Waals surface area contributed by atoms with Crippen molar-refractivity contribution in [1.29, 1.82) is 0 Å². The van der Waals surface area contributed by atoms with Gasteiger partial charge in [0.2, 0.25) is 0 Å². The van der Waals surface area contributed by atoms with Gasteiger partial charge in [0, 0.05) is 6.20 Å². The lowest BCUT2D eigenvalue weighted by atomic mass is 9.84. The molecule has 0 bridgehead atoms. The van der Waals surface area contributed by atoms with Crippen molar-refractivity contribution in [2.45, 2.75) is 43.5 Å². The third kappa shape index (κ3) is 2.89. The van der Waals surface area contributed by atoms with Crippen LogP contribution in [0.15, 0.2) is 40.9 Å². The maximum atomic E-state index is 12.9. The molecule has 3 aromatic rings. The van der Waals surface area contributed by atoms with Crippen LogP contribution in [0.2, 0.25) is 0 Å². The third-order valence-electron chi connectivity index (χ3n) is 4.94. The third-order valence-corrected chi connectivity index (χ3v) is 5.50. The van der Waals surface area contributed by atoms with E-state index >= 15 is 0 Å². The molecule has 3 heterocycles. The minimum absolute atomic E-state index is 0.191. The van der Waals surface area contributed by atoms with E-state index < -0.39 is 5.60 Å². The average molecular weight is 383 g/mol. The van der Waals surface area contributed by atoms with Crippen LogP contribution in [0.5, 0.6) is 0 Å². The number of rotatable bonds is 4. The van der Waals surface area contributed by atoms with Gasteiger partial charge >= 0.3 is 0 Å². The van der Waals surface area contributed by atoms with Crippen LogP contribution in [0.1, 0.15) is 31.0 Å². The van der Waals surface area contributed by atoms with E-state index in [1.54, 1.807) is 28.6 Å². The van der Waals surface area contributed by atoms with E-state index in [1.807, 2.05) is 18.4 Å². The molecule has 8 heteroatoms. The van der Waals surface area contributed by atoms with Crippen LogP contribution in [0.25, 0.3) is 16.9 Å². The van der Waals surface area contributed by atoms with Gasteiger partial charge in [-0.1, -0.05) is 23.9 Å². The van der Waals surface area contributed by atoms with Crippen LogP contribution in [-0.2, 0) is 18.6 Å². The molecule has 4 rings (SSSR count). The first-order valence-corrected chi connectivity index (χ1v) is 10.1. The minimum Gasteiger partial charge on any atom is -0.384 e. The molecular weight excluding hydrogens is 362 g/mol. The summed E-state index contributed by atoms with van der Waals surface area (Å²) in [6.45, 7) is 5.87. The van der Waals surface area contributed by atoms with E-state index in [0.717, 1.165) is 18.4 Å². The van der Waals surface area contributed by atoms with E-state index in [1.165, 1.54) is 11.8 Å². The molecule has 27 heavy (non-hydrogen) atoms. The number of hydrogen-bond donors (Lipinski definition) is 1. The van der Waals surface area contributed by atoms with Crippen LogP contribution in [0, 0.1) is 0 Å². The number of aromatic nitrogens is 5. The Balaban J connectivity index is 2.02. The molecule has 1 N–H and O–H groups in total. The Labute approximate surface area is 160 Å². The number of pyridine rings is 1. The van der Waals surface area contributed by atoms with Crippen molar-refractivity contribution in [1.82, 2.24) is 24.3 Å². The highest BCUT2D eigenvalue weighted by molar-refractivity contribution is 7.98. The second-order valence-electron chi connectivity index (χ2n) is 6.89. The zero-order valence-corrected chi connectivity index (χ0v) is 16.2. The fourth-order valence-corrected chi connectivity index (χ4v) is 3.97. The number of thioether (sulfide) groups is 1. The molecule has 7 nitrogen and oxygen atoms in total. The Hall–Kier alpha value is -2.45. The van der Waals surface area contributed by atoms with Gasteiger partial charge in [0.25, 0.3) is 5.56 Å². The Kier molecular flexibility index (Phi) is 4.39. The lowest BCUT2D eigenvalue weighted by Crippen LogP contribution is -2.29. The summed E-state index contributed by atoms with van der Waals surface area (Å²) >= 11 is 1.41. The average Bonchev–Trinajstić information content (AvgIpc) is 2.93. The van der Waals surface area contributed by atoms with Crippen LogP contribution in [0.4, 0.5) is 0 Å². The van der Waals surface area contributed by atoms with Gasteiger partial charge < -0.3 is 5.11 Å². The maximum absolute atomic E-state index is 12.9. The summed E-state index contributed by atoms with van der Waals surface area (Å²) < 4.78 is 3.24. The Morgan fingerprint density at radius 3 is 2.96 bits per heavy atom. The molecule has 0 spiro atoms. The number of nitrogens with zero attached hydrogens (tertiary/aromatic N) is 5. The van der Waals surface area contributed by atoms with Crippen LogP contribution < -0.4 is 5.56 Å². The van der Waals surface area contributed by atoms with E-state index in [-0.39, 0.29) is 5.56 Å². The van der Waals surface area contributed by atoms with Gasteiger partial charge in [0.15, 0.2) is 16.6 Å². The largest absolute Gasteiger partial charge is 0.384 e. The molecule has 0 aliphatic heterocycles. The maximum Gasteiger partial charge on any atom is 0.278 e. The van der Waals surface area contributed by atoms with E-state index in [9.17, 15) is 9.90 Å². The predicted molar refractivity (Wildman–Crippen MR) is 105 cm³/mol. The first kappa shape index (κ1) is 17.9. The van der Waals surface area contributed by atoms with Gasteiger partial charge in [-0.15, -0.1) is 6.58 Å². The molecule has 1 aliphatic rings. The number of aliphatic hydroxyl groups is 1. The van der Waals surface area contributed by atoms with Gasteiger partial charge in [0.1, 0.15) is 11.0 Å². The number of fused-ring (bicyclic) bond motifs is 2. The summed E-state index contributed by atoms with van der Waals surface area (Å²) in [7, 11) is 0. The van der Waals surface area contributed by atoms with Gasteiger partial charge in [0.05, 0.1) is 12.2 Å². The normalized spacial score (nSPS) is 19.2. The first-order chi connectivity index (χ1) is 13.0. The van der Waals surface area contributed by atoms with E-state index in [0.29, 0.717) is 40.7 Å². The fraction of sp³-hybridized carbons (Fsp3) is 0.368. The molecule has 1 unspecified atom stereocenters. The smallest absolute Gasteiger partial charge is 0.278 e. The Bertz CT molecular complexity index is 1100. The molecule has 0 radical (unpaired) electrons. The summed E-state index contributed by atoms with van der Waals surface area (Å²) in [6, 6.07) is 3.86. The predicted octanol–water partition coefficient (Wildman–Crippen LogP) is 2.43. The van der Waals surface area contributed by atoms with Crippen molar-refractivity contribution in [3.8, 4) is 5.82 Å². The zero-order valence-electron chi connectivity index (χ0n) is 15.3. The fourth-order valence-electron chi connectivity index (χ4n) is 3.64. The number of aryl methyl sites for hydroxylation is 1. The van der Waals surface area contributed by atoms with Crippen LogP contribution in [0.3, 0.4) is 0 Å². The summed E-state index contributed by atoms with van der Waals surface area (Å²) in [5.74, 6) is 0.552. The minimum atomic E-state index is -0.977. The van der Waals surface area contributed by atoms with Gasteiger partial charge in [-0.3, -0.25) is 4.79 Å². The zero-order chi connectivity index (χ0) is 19.2. The van der Waals surface area contributed by atoms with Crippen LogP contribution in [-0.4, -0.2) is 35.7 Å². The highest BCUT2D eigenvalue weighted by Crippen LogP contribution is 2.34. The molecule has 0 fully saturated rings. The molecule has 1 atom stereocenters. The van der Waals surface area contributed by atoms with Crippen LogP contribution >= 0.6 is 11.8 Å². The van der Waals surface area contributed by atoms with E-state index in [2.05, 4.69) is 16.5 Å². The van der Waals surface area contributed by atoms with E-state index in [4.69, 9.17) is 4.98 Å². The summed E-state index contributed by atoms with van der Waals surface area (Å²) in [6.07, 6.45) is 7.59. The van der Waals surface area contributed by atoms with Crippen molar-refractivity contribution >= 4 is 22.8 Å². The first-order valence-electron chi connectivity index (χ1n) is 8.83. The summed E-state index contributed by atoms with van der Waals surface area (Å²) in [5, 5.41) is 11.8. The van der Waals surface area contributed by atoms with Crippen molar-refractivity contribution in [2.75, 3.05) is 6.26 Å². The number of hydrogen-bond acceptors (Lipinski definition) is 6. The monoisotopic (exact) mass is 383 g/mol. The lowest BCUT2D eigenvalue weighted by Gasteiger charge is -2.30. The van der Waals surface area contributed by atoms with Crippen molar-refractivity contribution in [3.05, 3.63) is 52.6 Å². The summed E-state index contributed by atoms with van der Waals surface area (Å²) in [5.41, 5.74) is 1.05. The quantitative estimate of drug-likeness (QED) is 0.423. The standard InChI is InChI=1S/C19H21N5O2S/c1-4-10-23-17(25)13-11-20-18(27-3)22-16(13)24(23)14-8-7-12-6-5-9-19(2,26)15(12)21-14/h4,7-8,11,26H,1,5-6,9-10H2,2-3H3. The lowest BCUT2D eigenvalue weighted by molar-refractivity contribution is 0.0339. The second kappa shape index (κ2) is 6.61. The topological polar surface area (TPSA) is 85.8 Å². The SMILES string of the molecule is C=CCn1c(=O)c2cnc(SC)nc2n1-c1ccc2c(n1)C(C)(O)CCC2. The molecule has 1 aliphatic carbocycles. The highest BCUT2D eigenvalue weighted by Gasteiger charge is 2.32. The summed E-state index contributed by atoms with van der Waals surface area (Å²) in [4.78, 5) is 26.4. The van der Waals surface area contributed by atoms with Crippen molar-refractivity contribution in [2.24, 2.45) is 0 Å². The number of allylic oxidation sites excluding steroid dienone is 1. The highest BCUT2D eigenvalue weighted by atomic mass is 32.2. The molecule has 0 aromatic carbocycles. The molecule has 0 saturated heterocycles. The molecule has 3 aromatic heterocycles. The van der Waals surface area contributed by atoms with Gasteiger partial charge in [-0.2, -0.15) is 0 Å². The molecular formula is C19H21N5O2S. The molecule has 140 valence electrons. The Morgan fingerprint density at radius 2 is 2.22 bits per heavy atom. The van der Waals surface area contributed by atoms with Crippen molar-refractivity contribution in [3.63, 3.8) is 0 Å². The van der Waals surface area contributed by atoms with Gasteiger partial charge in [-0.25, -0.2) is 24.3 Å². The van der Waals surface area contributed by atoms with Crippen molar-refractivity contribution < 1.29 is 5.11 Å². The Morgan fingerprint density at radius 1 is 1.41 bits per heavy atom. The molecule has 0 saturated carbocycles. The second-order valence-corrected chi connectivity index (χ2v) is 7.66. The molecule has 0 amide bonds.